The van der Waals surface area contributed by atoms with E-state index < -0.39 is 0 Å². The van der Waals surface area contributed by atoms with E-state index in [1.54, 1.807) is 26.0 Å². The predicted octanol–water partition coefficient (Wildman–Crippen LogP) is 3.04. The SMILES string of the molecule is CC(=N)/N=C(\C)Nc1ccc(C(=O)NC(C)(C)C)cc1. The Morgan fingerprint density at radius 3 is 2.15 bits per heavy atom. The predicted molar refractivity (Wildman–Crippen MR) is 83.8 cm³/mol. The second-order valence-electron chi connectivity index (χ2n) is 5.69. The Bertz CT molecular complexity index is 524. The van der Waals surface area contributed by atoms with Gasteiger partial charge in [-0.1, -0.05) is 0 Å². The second-order valence-corrected chi connectivity index (χ2v) is 5.69. The number of anilines is 1. The highest BCUT2D eigenvalue weighted by Crippen LogP contribution is 2.11. The molecule has 0 saturated carbocycles. The third-order valence-electron chi connectivity index (χ3n) is 2.30. The van der Waals surface area contributed by atoms with Gasteiger partial charge in [0.2, 0.25) is 0 Å². The fourth-order valence-electron chi connectivity index (χ4n) is 1.61. The van der Waals surface area contributed by atoms with Crippen molar-refractivity contribution in [2.75, 3.05) is 5.32 Å². The summed E-state index contributed by atoms with van der Waals surface area (Å²) in [6, 6.07) is 7.15. The lowest BCUT2D eigenvalue weighted by atomic mass is 10.1. The van der Waals surface area contributed by atoms with Crippen molar-refractivity contribution in [2.45, 2.75) is 40.2 Å². The summed E-state index contributed by atoms with van der Waals surface area (Å²) in [5.41, 5.74) is 1.20. The van der Waals surface area contributed by atoms with Crippen LogP contribution in [-0.2, 0) is 0 Å². The van der Waals surface area contributed by atoms with Crippen molar-refractivity contribution in [2.24, 2.45) is 4.99 Å². The summed E-state index contributed by atoms with van der Waals surface area (Å²) in [5, 5.41) is 13.3. The summed E-state index contributed by atoms with van der Waals surface area (Å²) >= 11 is 0. The molecule has 0 aromatic heterocycles. The van der Waals surface area contributed by atoms with E-state index in [4.69, 9.17) is 5.41 Å². The number of hydrogen-bond donors (Lipinski definition) is 3. The normalized spacial score (nSPS) is 11.9. The molecule has 0 saturated heterocycles. The first kappa shape index (κ1) is 15.9. The summed E-state index contributed by atoms with van der Waals surface area (Å²) in [5.74, 6) is 0.797. The lowest BCUT2D eigenvalue weighted by Gasteiger charge is -2.20. The number of nitrogens with one attached hydrogen (secondary N) is 3. The summed E-state index contributed by atoms with van der Waals surface area (Å²) < 4.78 is 0. The molecule has 1 amide bonds. The van der Waals surface area contributed by atoms with Gasteiger partial charge >= 0.3 is 0 Å². The van der Waals surface area contributed by atoms with E-state index in [9.17, 15) is 4.79 Å². The molecule has 108 valence electrons. The van der Waals surface area contributed by atoms with Gasteiger partial charge in [-0.2, -0.15) is 0 Å². The van der Waals surface area contributed by atoms with Gasteiger partial charge in [0.15, 0.2) is 0 Å². The Kier molecular flexibility index (Phi) is 5.02. The first-order valence-electron chi connectivity index (χ1n) is 6.47. The highest BCUT2D eigenvalue weighted by atomic mass is 16.1. The summed E-state index contributed by atoms with van der Waals surface area (Å²) in [6.07, 6.45) is 0. The van der Waals surface area contributed by atoms with Crippen LogP contribution in [0, 0.1) is 5.41 Å². The molecule has 3 N–H and O–H groups in total. The van der Waals surface area contributed by atoms with Crippen LogP contribution in [-0.4, -0.2) is 23.1 Å². The monoisotopic (exact) mass is 274 g/mol. The standard InChI is InChI=1S/C15H22N4O/c1-10(16)17-11(2)18-13-8-6-12(7-9-13)14(20)19-15(3,4)5/h6-9H,1-5H3,(H,19,20)(H2,16,17,18). The quantitative estimate of drug-likeness (QED) is 0.572. The molecule has 0 aliphatic rings. The topological polar surface area (TPSA) is 77.3 Å². The summed E-state index contributed by atoms with van der Waals surface area (Å²) in [4.78, 5) is 15.9. The Hall–Kier alpha value is -2.17. The molecule has 0 fully saturated rings. The average Bonchev–Trinajstić information content (AvgIpc) is 2.26. The van der Waals surface area contributed by atoms with Crippen LogP contribution in [0.25, 0.3) is 0 Å². The van der Waals surface area contributed by atoms with Gasteiger partial charge in [-0.3, -0.25) is 10.2 Å². The molecule has 5 heteroatoms. The third-order valence-corrected chi connectivity index (χ3v) is 2.30. The molecule has 0 heterocycles. The van der Waals surface area contributed by atoms with E-state index in [-0.39, 0.29) is 17.3 Å². The molecule has 0 spiro atoms. The molecular weight excluding hydrogens is 252 g/mol. The van der Waals surface area contributed by atoms with Crippen LogP contribution < -0.4 is 10.6 Å². The van der Waals surface area contributed by atoms with Crippen molar-refractivity contribution in [1.82, 2.24) is 5.32 Å². The maximum Gasteiger partial charge on any atom is 0.251 e. The van der Waals surface area contributed by atoms with Crippen molar-refractivity contribution in [1.29, 1.82) is 5.41 Å². The zero-order valence-electron chi connectivity index (χ0n) is 12.7. The van der Waals surface area contributed by atoms with Gasteiger partial charge < -0.3 is 10.6 Å². The van der Waals surface area contributed by atoms with Crippen molar-refractivity contribution >= 4 is 23.3 Å². The molecule has 1 aromatic carbocycles. The molecule has 0 aliphatic heterocycles. The van der Waals surface area contributed by atoms with Crippen LogP contribution in [0.5, 0.6) is 0 Å². The minimum absolute atomic E-state index is 0.0928. The number of benzene rings is 1. The molecule has 5 nitrogen and oxygen atoms in total. The van der Waals surface area contributed by atoms with Gasteiger partial charge in [-0.15, -0.1) is 0 Å². The molecule has 1 aromatic rings. The minimum Gasteiger partial charge on any atom is -0.347 e. The number of nitrogens with zero attached hydrogens (tertiary/aromatic N) is 1. The largest absolute Gasteiger partial charge is 0.347 e. The van der Waals surface area contributed by atoms with Gasteiger partial charge in [0.05, 0.1) is 0 Å². The number of carbonyl (C=O) groups excluding carboxylic acids is 1. The molecule has 0 atom stereocenters. The van der Waals surface area contributed by atoms with E-state index in [1.165, 1.54) is 0 Å². The van der Waals surface area contributed by atoms with Gasteiger partial charge in [0.1, 0.15) is 11.7 Å². The van der Waals surface area contributed by atoms with Crippen molar-refractivity contribution in [3.05, 3.63) is 29.8 Å². The Labute approximate surface area is 120 Å². The van der Waals surface area contributed by atoms with Gasteiger partial charge in [-0.05, 0) is 58.9 Å². The van der Waals surface area contributed by atoms with Crippen molar-refractivity contribution in [3.63, 3.8) is 0 Å². The second kappa shape index (κ2) is 6.32. The van der Waals surface area contributed by atoms with Crippen LogP contribution >= 0.6 is 0 Å². The fourth-order valence-corrected chi connectivity index (χ4v) is 1.61. The third kappa shape index (κ3) is 5.65. The smallest absolute Gasteiger partial charge is 0.251 e. The highest BCUT2D eigenvalue weighted by Gasteiger charge is 2.14. The highest BCUT2D eigenvalue weighted by molar-refractivity contribution is 6.01. The first-order valence-corrected chi connectivity index (χ1v) is 6.47. The zero-order valence-corrected chi connectivity index (χ0v) is 12.7. The van der Waals surface area contributed by atoms with E-state index in [0.29, 0.717) is 11.4 Å². The van der Waals surface area contributed by atoms with E-state index >= 15 is 0 Å². The molecular formula is C15H22N4O. The van der Waals surface area contributed by atoms with E-state index in [2.05, 4.69) is 15.6 Å². The average molecular weight is 274 g/mol. The molecule has 0 aliphatic carbocycles. The maximum absolute atomic E-state index is 12.0. The van der Waals surface area contributed by atoms with Crippen LogP contribution in [0.4, 0.5) is 5.69 Å². The molecule has 0 radical (unpaired) electrons. The molecule has 0 bridgehead atoms. The van der Waals surface area contributed by atoms with Crippen LogP contribution in [0.15, 0.2) is 29.3 Å². The van der Waals surface area contributed by atoms with Crippen LogP contribution in [0.3, 0.4) is 0 Å². The Morgan fingerprint density at radius 1 is 1.15 bits per heavy atom. The first-order chi connectivity index (χ1) is 9.17. The molecule has 0 unspecified atom stereocenters. The van der Waals surface area contributed by atoms with Gasteiger partial charge in [0.25, 0.3) is 5.91 Å². The van der Waals surface area contributed by atoms with E-state index in [1.807, 2.05) is 32.9 Å². The van der Waals surface area contributed by atoms with Crippen LogP contribution in [0.2, 0.25) is 0 Å². The van der Waals surface area contributed by atoms with Crippen LogP contribution in [0.1, 0.15) is 45.0 Å². The molecule has 20 heavy (non-hydrogen) atoms. The number of rotatable bonds is 2. The molecule has 1 rings (SSSR count). The van der Waals surface area contributed by atoms with Crippen molar-refractivity contribution in [3.8, 4) is 0 Å². The number of hydrogen-bond acceptors (Lipinski definition) is 2. The zero-order chi connectivity index (χ0) is 15.3. The lowest BCUT2D eigenvalue weighted by Crippen LogP contribution is -2.40. The maximum atomic E-state index is 12.0. The number of carbonyl (C=O) groups is 1. The fraction of sp³-hybridized carbons (Fsp3) is 0.400. The van der Waals surface area contributed by atoms with Gasteiger partial charge in [0, 0.05) is 16.8 Å². The number of aliphatic imine (C=N–C) groups is 1. The summed E-state index contributed by atoms with van der Waals surface area (Å²) in [6.45, 7) is 9.24. The summed E-state index contributed by atoms with van der Waals surface area (Å²) in [7, 11) is 0. The van der Waals surface area contributed by atoms with Crippen molar-refractivity contribution < 1.29 is 4.79 Å². The Balaban J connectivity index is 2.74. The van der Waals surface area contributed by atoms with Gasteiger partial charge in [-0.25, -0.2) is 4.99 Å². The Morgan fingerprint density at radius 2 is 1.70 bits per heavy atom. The number of amides is 1. The lowest BCUT2D eigenvalue weighted by molar-refractivity contribution is 0.0919. The number of amidine groups is 2. The van der Waals surface area contributed by atoms with E-state index in [0.717, 1.165) is 5.69 Å². The minimum atomic E-state index is -0.251.